The highest BCUT2D eigenvalue weighted by Gasteiger charge is 2.28. The second-order valence-corrected chi connectivity index (χ2v) is 6.28. The van der Waals surface area contributed by atoms with E-state index < -0.39 is 0 Å². The minimum absolute atomic E-state index is 0. The van der Waals surface area contributed by atoms with Gasteiger partial charge in [0.1, 0.15) is 0 Å². The van der Waals surface area contributed by atoms with Crippen LogP contribution in [-0.2, 0) is 12.0 Å². The smallest absolute Gasteiger partial charge is 0.191 e. The molecule has 0 amide bonds. The highest BCUT2D eigenvalue weighted by molar-refractivity contribution is 14.0. The van der Waals surface area contributed by atoms with Gasteiger partial charge in [0.2, 0.25) is 0 Å². The minimum atomic E-state index is 0. The van der Waals surface area contributed by atoms with Crippen LogP contribution >= 0.6 is 24.0 Å². The lowest BCUT2D eigenvalue weighted by Crippen LogP contribution is -2.40. The fourth-order valence-electron chi connectivity index (χ4n) is 3.06. The van der Waals surface area contributed by atoms with Crippen LogP contribution in [0.25, 0.3) is 0 Å². The Kier molecular flexibility index (Phi) is 10.3. The molecule has 0 aliphatic carbocycles. The van der Waals surface area contributed by atoms with Crippen molar-refractivity contribution in [1.29, 1.82) is 0 Å². The molecule has 0 radical (unpaired) electrons. The molecule has 5 nitrogen and oxygen atoms in total. The number of halogens is 1. The van der Waals surface area contributed by atoms with Crippen LogP contribution < -0.4 is 10.6 Å². The third-order valence-corrected chi connectivity index (χ3v) is 4.85. The van der Waals surface area contributed by atoms with E-state index in [2.05, 4.69) is 71.3 Å². The molecule has 1 heterocycles. The van der Waals surface area contributed by atoms with Gasteiger partial charge in [-0.2, -0.15) is 0 Å². The van der Waals surface area contributed by atoms with Gasteiger partial charge in [-0.15, -0.1) is 24.0 Å². The van der Waals surface area contributed by atoms with Gasteiger partial charge in [-0.3, -0.25) is 4.99 Å². The number of imidazole rings is 1. The van der Waals surface area contributed by atoms with Gasteiger partial charge < -0.3 is 15.2 Å². The van der Waals surface area contributed by atoms with Gasteiger partial charge in [0.05, 0.1) is 12.9 Å². The molecule has 6 heteroatoms. The van der Waals surface area contributed by atoms with E-state index in [-0.39, 0.29) is 29.4 Å². The highest BCUT2D eigenvalue weighted by Crippen LogP contribution is 2.31. The number of hydrogen-bond donors (Lipinski definition) is 2. The van der Waals surface area contributed by atoms with Gasteiger partial charge >= 0.3 is 0 Å². The Bertz CT molecular complexity index is 621. The first-order valence-electron chi connectivity index (χ1n) is 9.27. The standard InChI is InChI=1S/C20H31N5.HI/c1-4-20(5-2,18-10-8-7-9-11-18)16-24-19(22-6-3)23-13-15-25-14-12-21-17-25;/h7-12,14,17H,4-6,13,15-16H2,1-3H3,(H2,22,23,24);1H. The monoisotopic (exact) mass is 469 g/mol. The van der Waals surface area contributed by atoms with Gasteiger partial charge in [0.15, 0.2) is 5.96 Å². The zero-order valence-corrected chi connectivity index (χ0v) is 18.4. The zero-order valence-electron chi connectivity index (χ0n) is 16.1. The average Bonchev–Trinajstić information content (AvgIpc) is 3.17. The lowest BCUT2D eigenvalue weighted by Gasteiger charge is -2.31. The maximum atomic E-state index is 4.89. The van der Waals surface area contributed by atoms with Crippen LogP contribution in [0, 0.1) is 0 Å². The SMILES string of the molecule is CCNC(=NCC(CC)(CC)c1ccccc1)NCCn1ccnc1.I. The summed E-state index contributed by atoms with van der Waals surface area (Å²) in [6.45, 7) is 9.93. The first kappa shape index (κ1) is 22.5. The summed E-state index contributed by atoms with van der Waals surface area (Å²) in [7, 11) is 0. The fourth-order valence-corrected chi connectivity index (χ4v) is 3.06. The lowest BCUT2D eigenvalue weighted by atomic mass is 9.76. The molecule has 0 aliphatic rings. The van der Waals surface area contributed by atoms with Crippen molar-refractivity contribution in [2.75, 3.05) is 19.6 Å². The molecule has 2 aromatic rings. The summed E-state index contributed by atoms with van der Waals surface area (Å²) in [4.78, 5) is 8.96. The molecule has 0 aliphatic heterocycles. The molecule has 0 fully saturated rings. The van der Waals surface area contributed by atoms with Gasteiger partial charge in [0.25, 0.3) is 0 Å². The number of nitrogens with one attached hydrogen (secondary N) is 2. The Morgan fingerprint density at radius 2 is 1.85 bits per heavy atom. The molecule has 2 N–H and O–H groups in total. The first-order valence-corrected chi connectivity index (χ1v) is 9.27. The number of nitrogens with zero attached hydrogens (tertiary/aromatic N) is 3. The molecule has 0 spiro atoms. The molecule has 1 aromatic heterocycles. The van der Waals surface area contributed by atoms with Gasteiger partial charge in [-0.05, 0) is 25.3 Å². The van der Waals surface area contributed by atoms with Crippen molar-refractivity contribution in [2.45, 2.75) is 45.6 Å². The molecule has 0 saturated heterocycles. The summed E-state index contributed by atoms with van der Waals surface area (Å²) in [5, 5.41) is 6.77. The molecule has 0 saturated carbocycles. The van der Waals surface area contributed by atoms with E-state index in [0.717, 1.165) is 45.0 Å². The molecular formula is C20H32IN5. The maximum absolute atomic E-state index is 4.89. The van der Waals surface area contributed by atoms with Crippen molar-refractivity contribution in [3.05, 3.63) is 54.6 Å². The molecule has 1 aromatic carbocycles. The largest absolute Gasteiger partial charge is 0.357 e. The quantitative estimate of drug-likeness (QED) is 0.334. The fraction of sp³-hybridized carbons (Fsp3) is 0.500. The van der Waals surface area contributed by atoms with E-state index in [4.69, 9.17) is 4.99 Å². The summed E-state index contributed by atoms with van der Waals surface area (Å²) < 4.78 is 2.06. The third-order valence-electron chi connectivity index (χ3n) is 4.85. The van der Waals surface area contributed by atoms with Crippen LogP contribution in [0.5, 0.6) is 0 Å². The van der Waals surface area contributed by atoms with Crippen molar-refractivity contribution < 1.29 is 0 Å². The maximum Gasteiger partial charge on any atom is 0.191 e. The number of hydrogen-bond acceptors (Lipinski definition) is 2. The third kappa shape index (κ3) is 6.30. The number of benzene rings is 1. The van der Waals surface area contributed by atoms with E-state index in [1.54, 1.807) is 6.20 Å². The molecule has 26 heavy (non-hydrogen) atoms. The molecule has 0 atom stereocenters. The van der Waals surface area contributed by atoms with E-state index >= 15 is 0 Å². The zero-order chi connectivity index (χ0) is 18.0. The van der Waals surface area contributed by atoms with Crippen LogP contribution in [0.15, 0.2) is 54.0 Å². The predicted octanol–water partition coefficient (Wildman–Crippen LogP) is 3.81. The highest BCUT2D eigenvalue weighted by atomic mass is 127. The summed E-state index contributed by atoms with van der Waals surface area (Å²) in [5.41, 5.74) is 1.46. The van der Waals surface area contributed by atoms with E-state index in [1.165, 1.54) is 5.56 Å². The topological polar surface area (TPSA) is 54.2 Å². The molecule has 0 bridgehead atoms. The number of guanidine groups is 1. The van der Waals surface area contributed by atoms with Crippen molar-refractivity contribution in [3.8, 4) is 0 Å². The lowest BCUT2D eigenvalue weighted by molar-refractivity contribution is 0.406. The number of aliphatic imine (C=N–C) groups is 1. The van der Waals surface area contributed by atoms with Crippen molar-refractivity contribution in [1.82, 2.24) is 20.2 Å². The Labute approximate surface area is 174 Å². The first-order chi connectivity index (χ1) is 12.2. The summed E-state index contributed by atoms with van der Waals surface area (Å²) in [6.07, 6.45) is 7.76. The van der Waals surface area contributed by atoms with E-state index in [9.17, 15) is 0 Å². The van der Waals surface area contributed by atoms with Crippen molar-refractivity contribution >= 4 is 29.9 Å². The molecule has 0 unspecified atom stereocenters. The van der Waals surface area contributed by atoms with Crippen LogP contribution in [0.2, 0.25) is 0 Å². The van der Waals surface area contributed by atoms with Gasteiger partial charge in [-0.25, -0.2) is 4.98 Å². The van der Waals surface area contributed by atoms with E-state index in [0.29, 0.717) is 0 Å². The van der Waals surface area contributed by atoms with Crippen LogP contribution in [-0.4, -0.2) is 35.1 Å². The summed E-state index contributed by atoms with van der Waals surface area (Å²) in [5.74, 6) is 0.879. The van der Waals surface area contributed by atoms with Crippen LogP contribution in [0.4, 0.5) is 0 Å². The second-order valence-electron chi connectivity index (χ2n) is 6.28. The normalized spacial score (nSPS) is 11.7. The van der Waals surface area contributed by atoms with Crippen LogP contribution in [0.1, 0.15) is 39.2 Å². The van der Waals surface area contributed by atoms with Gasteiger partial charge in [0, 0.05) is 37.4 Å². The second kappa shape index (κ2) is 11.9. The van der Waals surface area contributed by atoms with E-state index in [1.807, 2.05) is 12.5 Å². The Morgan fingerprint density at radius 3 is 2.42 bits per heavy atom. The minimum Gasteiger partial charge on any atom is -0.357 e. The Morgan fingerprint density at radius 1 is 1.12 bits per heavy atom. The molecule has 2 rings (SSSR count). The Balaban J connectivity index is 0.00000338. The average molecular weight is 469 g/mol. The summed E-state index contributed by atoms with van der Waals surface area (Å²) >= 11 is 0. The summed E-state index contributed by atoms with van der Waals surface area (Å²) in [6, 6.07) is 10.8. The number of aromatic nitrogens is 2. The van der Waals surface area contributed by atoms with Gasteiger partial charge in [-0.1, -0.05) is 44.2 Å². The Hall–Kier alpha value is -1.57. The van der Waals surface area contributed by atoms with Crippen LogP contribution in [0.3, 0.4) is 0 Å². The van der Waals surface area contributed by atoms with Crippen molar-refractivity contribution in [2.24, 2.45) is 4.99 Å². The van der Waals surface area contributed by atoms with Crippen molar-refractivity contribution in [3.63, 3.8) is 0 Å². The molecular weight excluding hydrogens is 437 g/mol. The number of rotatable bonds is 9. The predicted molar refractivity (Wildman–Crippen MR) is 120 cm³/mol. The molecule has 144 valence electrons.